The van der Waals surface area contributed by atoms with Gasteiger partial charge in [-0.25, -0.2) is 4.79 Å². The quantitative estimate of drug-likeness (QED) is 0.375. The molecule has 0 rings (SSSR count). The Kier molecular flexibility index (Phi) is 6.12. The molecule has 0 radical (unpaired) electrons. The molecule has 0 amide bonds. The smallest absolute Gasteiger partial charge is 0.334 e. The van der Waals surface area contributed by atoms with Crippen molar-refractivity contribution >= 4 is 5.97 Å². The minimum absolute atomic E-state index is 0.297. The molecule has 0 spiro atoms. The molecule has 0 aliphatic rings. The van der Waals surface area contributed by atoms with E-state index in [2.05, 4.69) is 10.7 Å². The number of ether oxygens (including phenoxy) is 1. The maximum absolute atomic E-state index is 10.8. The molecule has 0 aliphatic heterocycles. The highest BCUT2D eigenvalue weighted by molar-refractivity contribution is 5.74. The van der Waals surface area contributed by atoms with Gasteiger partial charge >= 0.3 is 5.97 Å². The molecule has 68 valence electrons. The average Bonchev–Trinajstić information content (AvgIpc) is 2.05. The molecule has 0 saturated heterocycles. The number of carbonyl (C=O) groups is 1. The molecule has 0 saturated carbocycles. The van der Waals surface area contributed by atoms with Crippen LogP contribution < -0.4 is 0 Å². The van der Waals surface area contributed by atoms with Crippen molar-refractivity contribution in [3.8, 4) is 12.3 Å². The van der Waals surface area contributed by atoms with Crippen LogP contribution in [-0.2, 0) is 9.53 Å². The predicted octanol–water partition coefficient (Wildman–Crippen LogP) is 0.714. The summed E-state index contributed by atoms with van der Waals surface area (Å²) in [7, 11) is 0. The molecule has 0 aliphatic carbocycles. The number of hydrogen-bond acceptors (Lipinski definition) is 3. The fourth-order valence-electron chi connectivity index (χ4n) is 0.754. The molecule has 0 bridgehead atoms. The molecule has 0 aromatic carbocycles. The highest BCUT2D eigenvalue weighted by Crippen LogP contribution is 2.01. The normalized spacial score (nSPS) is 11.8. The Morgan fingerprint density at radius 3 is 2.92 bits per heavy atom. The molecular formula is C9H14O3. The maximum Gasteiger partial charge on any atom is 0.334 e. The molecular weight excluding hydrogens is 156 g/mol. The van der Waals surface area contributed by atoms with Gasteiger partial charge in [0.2, 0.25) is 0 Å². The van der Waals surface area contributed by atoms with E-state index in [4.69, 9.17) is 11.5 Å². The molecule has 3 heteroatoms. The van der Waals surface area contributed by atoms with Gasteiger partial charge in [-0.1, -0.05) is 0 Å². The fraction of sp³-hybridized carbons (Fsp3) is 0.667. The van der Waals surface area contributed by atoms with E-state index < -0.39 is 12.1 Å². The molecule has 3 nitrogen and oxygen atoms in total. The summed E-state index contributed by atoms with van der Waals surface area (Å²) in [6.45, 7) is 2.00. The summed E-state index contributed by atoms with van der Waals surface area (Å²) in [5.41, 5.74) is 0. The highest BCUT2D eigenvalue weighted by atomic mass is 16.5. The number of aliphatic hydroxyl groups excluding tert-OH is 1. The van der Waals surface area contributed by atoms with Crippen molar-refractivity contribution in [3.63, 3.8) is 0 Å². The minimum atomic E-state index is -1.02. The third-order valence-corrected chi connectivity index (χ3v) is 1.36. The summed E-state index contributed by atoms with van der Waals surface area (Å²) in [5.74, 6) is 1.87. The number of terminal acetylenes is 1. The SMILES string of the molecule is C#CCCCC(O)C(=O)OCC. The van der Waals surface area contributed by atoms with Gasteiger partial charge in [-0.15, -0.1) is 12.3 Å². The van der Waals surface area contributed by atoms with E-state index in [0.29, 0.717) is 25.9 Å². The van der Waals surface area contributed by atoms with Crippen LogP contribution in [0, 0.1) is 12.3 Å². The second kappa shape index (κ2) is 6.68. The second-order valence-electron chi connectivity index (χ2n) is 2.36. The summed E-state index contributed by atoms with van der Waals surface area (Å²) in [6, 6.07) is 0. The van der Waals surface area contributed by atoms with Crippen molar-refractivity contribution < 1.29 is 14.6 Å². The molecule has 1 unspecified atom stereocenters. The summed E-state index contributed by atoms with van der Waals surface area (Å²) in [4.78, 5) is 10.8. The van der Waals surface area contributed by atoms with E-state index >= 15 is 0 Å². The lowest BCUT2D eigenvalue weighted by Gasteiger charge is -2.07. The largest absolute Gasteiger partial charge is 0.464 e. The zero-order valence-corrected chi connectivity index (χ0v) is 7.25. The van der Waals surface area contributed by atoms with Crippen LogP contribution in [0.1, 0.15) is 26.2 Å². The first-order chi connectivity index (χ1) is 5.72. The first kappa shape index (κ1) is 11.0. The van der Waals surface area contributed by atoms with Crippen molar-refractivity contribution in [1.82, 2.24) is 0 Å². The van der Waals surface area contributed by atoms with Crippen LogP contribution in [0.3, 0.4) is 0 Å². The third-order valence-electron chi connectivity index (χ3n) is 1.36. The van der Waals surface area contributed by atoms with E-state index in [1.807, 2.05) is 0 Å². The van der Waals surface area contributed by atoms with Gasteiger partial charge in [0.25, 0.3) is 0 Å². The first-order valence-electron chi connectivity index (χ1n) is 4.00. The van der Waals surface area contributed by atoms with Crippen molar-refractivity contribution in [2.75, 3.05) is 6.61 Å². The number of carbonyl (C=O) groups excluding carboxylic acids is 1. The second-order valence-corrected chi connectivity index (χ2v) is 2.36. The zero-order valence-electron chi connectivity index (χ0n) is 7.25. The number of esters is 1. The standard InChI is InChI=1S/C9H14O3/c1-3-5-6-7-8(10)9(11)12-4-2/h1,8,10H,4-7H2,2H3. The van der Waals surface area contributed by atoms with E-state index in [1.165, 1.54) is 0 Å². The van der Waals surface area contributed by atoms with Gasteiger partial charge in [0.15, 0.2) is 6.10 Å². The van der Waals surface area contributed by atoms with Crippen LogP contribution in [0.25, 0.3) is 0 Å². The topological polar surface area (TPSA) is 46.5 Å². The van der Waals surface area contributed by atoms with Crippen LogP contribution in [0.2, 0.25) is 0 Å². The number of rotatable bonds is 5. The molecule has 0 aromatic heterocycles. The first-order valence-corrected chi connectivity index (χ1v) is 4.00. The maximum atomic E-state index is 10.8. The highest BCUT2D eigenvalue weighted by Gasteiger charge is 2.14. The summed E-state index contributed by atoms with van der Waals surface area (Å²) >= 11 is 0. The van der Waals surface area contributed by atoms with Gasteiger partial charge in [-0.05, 0) is 19.8 Å². The Morgan fingerprint density at radius 2 is 2.42 bits per heavy atom. The average molecular weight is 170 g/mol. The molecule has 1 N–H and O–H groups in total. The van der Waals surface area contributed by atoms with E-state index in [9.17, 15) is 4.79 Å². The van der Waals surface area contributed by atoms with Crippen molar-refractivity contribution in [3.05, 3.63) is 0 Å². The lowest BCUT2D eigenvalue weighted by atomic mass is 10.1. The van der Waals surface area contributed by atoms with Gasteiger partial charge in [0.1, 0.15) is 0 Å². The fourth-order valence-corrected chi connectivity index (χ4v) is 0.754. The van der Waals surface area contributed by atoms with Crippen molar-refractivity contribution in [2.45, 2.75) is 32.3 Å². The Labute approximate surface area is 72.7 Å². The molecule has 12 heavy (non-hydrogen) atoms. The lowest BCUT2D eigenvalue weighted by molar-refractivity contribution is -0.153. The van der Waals surface area contributed by atoms with Crippen LogP contribution in [-0.4, -0.2) is 23.8 Å². The van der Waals surface area contributed by atoms with Crippen LogP contribution >= 0.6 is 0 Å². The monoisotopic (exact) mass is 170 g/mol. The van der Waals surface area contributed by atoms with Gasteiger partial charge in [0.05, 0.1) is 6.61 Å². The molecule has 0 fully saturated rings. The molecule has 1 atom stereocenters. The van der Waals surface area contributed by atoms with E-state index in [-0.39, 0.29) is 0 Å². The third kappa shape index (κ3) is 4.75. The molecule has 0 heterocycles. The van der Waals surface area contributed by atoms with Gasteiger partial charge in [-0.2, -0.15) is 0 Å². The predicted molar refractivity (Wildman–Crippen MR) is 45.3 cm³/mol. The van der Waals surface area contributed by atoms with Crippen molar-refractivity contribution in [1.29, 1.82) is 0 Å². The number of hydrogen-bond donors (Lipinski definition) is 1. The Hall–Kier alpha value is -1.01. The summed E-state index contributed by atoms with van der Waals surface area (Å²) < 4.78 is 4.59. The summed E-state index contributed by atoms with van der Waals surface area (Å²) in [6.07, 6.45) is 5.59. The number of aliphatic hydroxyl groups is 1. The van der Waals surface area contributed by atoms with Gasteiger partial charge in [-0.3, -0.25) is 0 Å². The Bertz CT molecular complexity index is 169. The zero-order chi connectivity index (χ0) is 9.40. The Balaban J connectivity index is 3.51. The minimum Gasteiger partial charge on any atom is -0.464 e. The summed E-state index contributed by atoms with van der Waals surface area (Å²) in [5, 5.41) is 9.13. The Morgan fingerprint density at radius 1 is 1.75 bits per heavy atom. The van der Waals surface area contributed by atoms with E-state index in [0.717, 1.165) is 0 Å². The molecule has 0 aromatic rings. The van der Waals surface area contributed by atoms with Crippen LogP contribution in [0.5, 0.6) is 0 Å². The van der Waals surface area contributed by atoms with Gasteiger partial charge in [0, 0.05) is 6.42 Å². The van der Waals surface area contributed by atoms with E-state index in [1.54, 1.807) is 6.92 Å². The number of unbranched alkanes of at least 4 members (excludes halogenated alkanes) is 1. The van der Waals surface area contributed by atoms with Gasteiger partial charge < -0.3 is 9.84 Å². The lowest BCUT2D eigenvalue weighted by Crippen LogP contribution is -2.22. The van der Waals surface area contributed by atoms with Crippen LogP contribution in [0.15, 0.2) is 0 Å². The van der Waals surface area contributed by atoms with Crippen molar-refractivity contribution in [2.24, 2.45) is 0 Å². The van der Waals surface area contributed by atoms with Crippen LogP contribution in [0.4, 0.5) is 0 Å².